The Labute approximate surface area is 114 Å². The maximum atomic E-state index is 12.9. The fourth-order valence-corrected chi connectivity index (χ4v) is 2.05. The maximum Gasteiger partial charge on any atom is 0.123 e. The minimum atomic E-state index is -0.197. The third-order valence-corrected chi connectivity index (χ3v) is 3.33. The van der Waals surface area contributed by atoms with Gasteiger partial charge in [-0.05, 0) is 48.2 Å². The highest BCUT2D eigenvalue weighted by Gasteiger charge is 2.06. The molecule has 0 spiro atoms. The summed E-state index contributed by atoms with van der Waals surface area (Å²) >= 11 is 0. The number of halogens is 1. The first-order valence-corrected chi connectivity index (χ1v) is 6.68. The standard InChI is InChI=1S/C17H20FN/c1-12(2)14-6-10-17(11-7-14)19-13(3)15-4-8-16(18)9-5-15/h4-13,19H,1-3H3. The second-order valence-corrected chi connectivity index (χ2v) is 5.19. The molecule has 0 amide bonds. The molecule has 19 heavy (non-hydrogen) atoms. The van der Waals surface area contributed by atoms with Crippen molar-refractivity contribution < 1.29 is 4.39 Å². The van der Waals surface area contributed by atoms with Crippen LogP contribution in [0.2, 0.25) is 0 Å². The molecule has 0 bridgehead atoms. The molecule has 1 nitrogen and oxygen atoms in total. The van der Waals surface area contributed by atoms with Crippen LogP contribution in [0.25, 0.3) is 0 Å². The quantitative estimate of drug-likeness (QED) is 0.801. The van der Waals surface area contributed by atoms with Crippen LogP contribution in [0.1, 0.15) is 43.9 Å². The molecule has 2 heteroatoms. The van der Waals surface area contributed by atoms with Gasteiger partial charge >= 0.3 is 0 Å². The molecule has 0 aliphatic carbocycles. The van der Waals surface area contributed by atoms with Crippen LogP contribution in [-0.2, 0) is 0 Å². The molecule has 0 aliphatic rings. The zero-order valence-electron chi connectivity index (χ0n) is 11.7. The summed E-state index contributed by atoms with van der Waals surface area (Å²) in [5.41, 5.74) is 3.50. The lowest BCUT2D eigenvalue weighted by Gasteiger charge is -2.16. The minimum Gasteiger partial charge on any atom is -0.379 e. The van der Waals surface area contributed by atoms with Crippen molar-refractivity contribution in [3.63, 3.8) is 0 Å². The SMILES string of the molecule is CC(C)c1ccc(NC(C)c2ccc(F)cc2)cc1. The lowest BCUT2D eigenvalue weighted by molar-refractivity contribution is 0.626. The topological polar surface area (TPSA) is 12.0 Å². The fourth-order valence-electron chi connectivity index (χ4n) is 2.05. The molecule has 0 heterocycles. The molecule has 2 aromatic carbocycles. The van der Waals surface area contributed by atoms with E-state index in [2.05, 4.69) is 50.4 Å². The van der Waals surface area contributed by atoms with Crippen molar-refractivity contribution in [1.29, 1.82) is 0 Å². The van der Waals surface area contributed by atoms with E-state index in [9.17, 15) is 4.39 Å². The van der Waals surface area contributed by atoms with Crippen molar-refractivity contribution in [1.82, 2.24) is 0 Å². The van der Waals surface area contributed by atoms with Gasteiger partial charge in [-0.25, -0.2) is 4.39 Å². The third-order valence-electron chi connectivity index (χ3n) is 3.33. The van der Waals surface area contributed by atoms with Gasteiger partial charge in [0.2, 0.25) is 0 Å². The molecule has 2 aromatic rings. The van der Waals surface area contributed by atoms with E-state index in [0.717, 1.165) is 11.3 Å². The van der Waals surface area contributed by atoms with Gasteiger partial charge in [-0.2, -0.15) is 0 Å². The van der Waals surface area contributed by atoms with Gasteiger partial charge in [0.15, 0.2) is 0 Å². The molecule has 1 N–H and O–H groups in total. The summed E-state index contributed by atoms with van der Waals surface area (Å²) in [6.07, 6.45) is 0. The van der Waals surface area contributed by atoms with Crippen LogP contribution in [0, 0.1) is 5.82 Å². The highest BCUT2D eigenvalue weighted by molar-refractivity contribution is 5.47. The molecule has 0 fully saturated rings. The molecular formula is C17H20FN. The second kappa shape index (κ2) is 5.87. The van der Waals surface area contributed by atoms with Crippen molar-refractivity contribution in [2.24, 2.45) is 0 Å². The number of rotatable bonds is 4. The van der Waals surface area contributed by atoms with Crippen LogP contribution in [0.4, 0.5) is 10.1 Å². The van der Waals surface area contributed by atoms with Crippen LogP contribution >= 0.6 is 0 Å². The van der Waals surface area contributed by atoms with Gasteiger partial charge in [0.1, 0.15) is 5.82 Å². The monoisotopic (exact) mass is 257 g/mol. The first-order chi connectivity index (χ1) is 9.06. The molecule has 2 rings (SSSR count). The van der Waals surface area contributed by atoms with Gasteiger partial charge in [-0.1, -0.05) is 38.1 Å². The normalized spacial score (nSPS) is 12.5. The van der Waals surface area contributed by atoms with E-state index in [4.69, 9.17) is 0 Å². The molecule has 0 saturated heterocycles. The Morgan fingerprint density at radius 1 is 0.789 bits per heavy atom. The average molecular weight is 257 g/mol. The van der Waals surface area contributed by atoms with E-state index >= 15 is 0 Å². The summed E-state index contributed by atoms with van der Waals surface area (Å²) in [5, 5.41) is 3.42. The van der Waals surface area contributed by atoms with Gasteiger partial charge in [0.25, 0.3) is 0 Å². The van der Waals surface area contributed by atoms with Gasteiger partial charge in [0, 0.05) is 11.7 Å². The zero-order valence-corrected chi connectivity index (χ0v) is 11.7. The summed E-state index contributed by atoms with van der Waals surface area (Å²) in [7, 11) is 0. The van der Waals surface area contributed by atoms with E-state index in [1.54, 1.807) is 0 Å². The average Bonchev–Trinajstić information content (AvgIpc) is 2.40. The third kappa shape index (κ3) is 3.57. The number of nitrogens with one attached hydrogen (secondary N) is 1. The van der Waals surface area contributed by atoms with E-state index in [0.29, 0.717) is 5.92 Å². The number of hydrogen-bond donors (Lipinski definition) is 1. The lowest BCUT2D eigenvalue weighted by atomic mass is 10.0. The number of hydrogen-bond acceptors (Lipinski definition) is 1. The molecule has 1 atom stereocenters. The molecular weight excluding hydrogens is 237 g/mol. The largest absolute Gasteiger partial charge is 0.379 e. The summed E-state index contributed by atoms with van der Waals surface area (Å²) in [6.45, 7) is 6.44. The molecule has 0 aliphatic heterocycles. The van der Waals surface area contributed by atoms with Crippen LogP contribution in [-0.4, -0.2) is 0 Å². The highest BCUT2D eigenvalue weighted by atomic mass is 19.1. The van der Waals surface area contributed by atoms with Crippen molar-refractivity contribution in [3.05, 3.63) is 65.5 Å². The summed E-state index contributed by atoms with van der Waals surface area (Å²) in [4.78, 5) is 0. The summed E-state index contributed by atoms with van der Waals surface area (Å²) < 4.78 is 12.9. The van der Waals surface area contributed by atoms with Gasteiger partial charge in [-0.15, -0.1) is 0 Å². The van der Waals surface area contributed by atoms with Gasteiger partial charge < -0.3 is 5.32 Å². The summed E-state index contributed by atoms with van der Waals surface area (Å²) in [5.74, 6) is 0.348. The van der Waals surface area contributed by atoms with Crippen molar-refractivity contribution >= 4 is 5.69 Å². The molecule has 0 radical (unpaired) electrons. The zero-order chi connectivity index (χ0) is 13.8. The molecule has 0 saturated carbocycles. The number of benzene rings is 2. The smallest absolute Gasteiger partial charge is 0.123 e. The first kappa shape index (κ1) is 13.6. The van der Waals surface area contributed by atoms with E-state index in [1.165, 1.54) is 17.7 Å². The van der Waals surface area contributed by atoms with Crippen LogP contribution in [0.3, 0.4) is 0 Å². The minimum absolute atomic E-state index is 0.158. The van der Waals surface area contributed by atoms with Crippen LogP contribution in [0.5, 0.6) is 0 Å². The van der Waals surface area contributed by atoms with Crippen LogP contribution < -0.4 is 5.32 Å². The van der Waals surface area contributed by atoms with E-state index < -0.39 is 0 Å². The molecule has 100 valence electrons. The number of anilines is 1. The second-order valence-electron chi connectivity index (χ2n) is 5.19. The van der Waals surface area contributed by atoms with Gasteiger partial charge in [0.05, 0.1) is 0 Å². The Morgan fingerprint density at radius 3 is 1.84 bits per heavy atom. The Balaban J connectivity index is 2.06. The summed E-state index contributed by atoms with van der Waals surface area (Å²) in [6, 6.07) is 15.3. The maximum absolute atomic E-state index is 12.9. The fraction of sp³-hybridized carbons (Fsp3) is 0.294. The predicted molar refractivity (Wildman–Crippen MR) is 79.0 cm³/mol. The van der Waals surface area contributed by atoms with Crippen molar-refractivity contribution in [2.75, 3.05) is 5.32 Å². The van der Waals surface area contributed by atoms with E-state index in [-0.39, 0.29) is 11.9 Å². The Bertz CT molecular complexity index is 514. The van der Waals surface area contributed by atoms with Crippen molar-refractivity contribution in [2.45, 2.75) is 32.7 Å². The van der Waals surface area contributed by atoms with E-state index in [1.807, 2.05) is 12.1 Å². The lowest BCUT2D eigenvalue weighted by Crippen LogP contribution is -2.06. The predicted octanol–water partition coefficient (Wildman–Crippen LogP) is 5.12. The Kier molecular flexibility index (Phi) is 4.20. The molecule has 0 aromatic heterocycles. The Hall–Kier alpha value is -1.83. The Morgan fingerprint density at radius 2 is 1.32 bits per heavy atom. The van der Waals surface area contributed by atoms with Crippen molar-refractivity contribution in [3.8, 4) is 0 Å². The van der Waals surface area contributed by atoms with Crippen LogP contribution in [0.15, 0.2) is 48.5 Å². The highest BCUT2D eigenvalue weighted by Crippen LogP contribution is 2.22. The molecule has 1 unspecified atom stereocenters. The first-order valence-electron chi connectivity index (χ1n) is 6.68. The van der Waals surface area contributed by atoms with Gasteiger partial charge in [-0.3, -0.25) is 0 Å².